The number of ether oxygens (including phenoxy) is 1. The summed E-state index contributed by atoms with van der Waals surface area (Å²) < 4.78 is 17.0. The smallest absolute Gasteiger partial charge is 0.157 e. The van der Waals surface area contributed by atoms with Gasteiger partial charge in [0, 0.05) is 54.0 Å². The Labute approximate surface area is 174 Å². The fourth-order valence-electron chi connectivity index (χ4n) is 2.21. The lowest BCUT2D eigenvalue weighted by atomic mass is 10.1. The zero-order valence-corrected chi connectivity index (χ0v) is 18.8. The van der Waals surface area contributed by atoms with E-state index in [2.05, 4.69) is 6.07 Å². The van der Waals surface area contributed by atoms with Gasteiger partial charge in [0.05, 0.1) is 0 Å². The van der Waals surface area contributed by atoms with Crippen molar-refractivity contribution in [2.45, 2.75) is 20.5 Å². The summed E-state index contributed by atoms with van der Waals surface area (Å²) in [6.07, 6.45) is 0.752. The van der Waals surface area contributed by atoms with Crippen LogP contribution < -0.4 is 13.1 Å². The average molecular weight is 588 g/mol. The molecule has 0 aliphatic heterocycles. The first-order valence-corrected chi connectivity index (χ1v) is 13.4. The van der Waals surface area contributed by atoms with E-state index in [4.69, 9.17) is 13.1 Å². The minimum Gasteiger partial charge on any atom is -0.488 e. The molecule has 2 aromatic rings. The molecule has 2 aromatic carbocycles. The summed E-state index contributed by atoms with van der Waals surface area (Å²) in [7, 11) is 2.33. The van der Waals surface area contributed by atoms with Gasteiger partial charge in [0.15, 0.2) is 12.0 Å². The van der Waals surface area contributed by atoms with Crippen molar-refractivity contribution in [2.75, 3.05) is 0 Å². The van der Waals surface area contributed by atoms with Gasteiger partial charge in [-0.1, -0.05) is 29.8 Å². The molecule has 128 valence electrons. The summed E-state index contributed by atoms with van der Waals surface area (Å²) in [4.78, 5) is 11.6. The molecule has 2 rings (SSSR count). The number of rotatable bonds is 8. The maximum Gasteiger partial charge on any atom is 0.157 e. The van der Waals surface area contributed by atoms with Crippen molar-refractivity contribution in [1.29, 1.82) is 0 Å². The minimum absolute atomic E-state index is 0.362. The molecular formula is C16H14I2O4S2. The van der Waals surface area contributed by atoms with Crippen molar-refractivity contribution in [1.82, 2.24) is 0 Å². The van der Waals surface area contributed by atoms with Gasteiger partial charge < -0.3 is 13.1 Å². The van der Waals surface area contributed by atoms with Crippen LogP contribution in [0.25, 0.3) is 0 Å². The van der Waals surface area contributed by atoms with Gasteiger partial charge in [0.1, 0.15) is 42.1 Å². The summed E-state index contributed by atoms with van der Waals surface area (Å²) in [5.41, 5.74) is 3.34. The zero-order chi connectivity index (χ0) is 17.5. The van der Waals surface area contributed by atoms with Crippen molar-refractivity contribution in [3.05, 3.63) is 52.6 Å². The molecule has 0 aliphatic rings. The van der Waals surface area contributed by atoms with Crippen LogP contribution in [0.15, 0.2) is 30.3 Å². The van der Waals surface area contributed by atoms with Gasteiger partial charge in [-0.15, -0.1) is 0 Å². The summed E-state index contributed by atoms with van der Waals surface area (Å²) in [6.45, 7) is 4.25. The van der Waals surface area contributed by atoms with Crippen LogP contribution >= 0.6 is 60.8 Å². The molecule has 0 spiro atoms. The number of aldehydes is 1. The standard InChI is InChI=1S/C16H14I2O4S2/c1-10-4-3-5-12(6-10)9-20-16-11(2)14(21-23-17)7-15(22-24-18)13(16)8-19/h3-8H,9H2,1-2H3. The minimum atomic E-state index is 0.362. The van der Waals surface area contributed by atoms with Crippen molar-refractivity contribution in [2.24, 2.45) is 0 Å². The second-order valence-electron chi connectivity index (χ2n) is 4.93. The van der Waals surface area contributed by atoms with Crippen LogP contribution in [-0.2, 0) is 6.61 Å². The van der Waals surface area contributed by atoms with E-state index in [-0.39, 0.29) is 0 Å². The Morgan fingerprint density at radius 3 is 2.42 bits per heavy atom. The Balaban J connectivity index is 2.39. The van der Waals surface area contributed by atoms with Gasteiger partial charge in [0.2, 0.25) is 0 Å². The van der Waals surface area contributed by atoms with Gasteiger partial charge in [-0.2, -0.15) is 0 Å². The van der Waals surface area contributed by atoms with Crippen LogP contribution in [0, 0.1) is 13.8 Å². The largest absolute Gasteiger partial charge is 0.488 e. The highest BCUT2D eigenvalue weighted by molar-refractivity contribution is 14.2. The van der Waals surface area contributed by atoms with E-state index in [1.54, 1.807) is 6.07 Å². The van der Waals surface area contributed by atoms with Gasteiger partial charge in [-0.3, -0.25) is 4.79 Å². The molecule has 0 heterocycles. The quantitative estimate of drug-likeness (QED) is 0.201. The summed E-state index contributed by atoms with van der Waals surface area (Å²) in [5.74, 6) is 1.52. The number of halogens is 2. The van der Waals surface area contributed by atoms with Gasteiger partial charge >= 0.3 is 0 Å². The summed E-state index contributed by atoms with van der Waals surface area (Å²) in [5, 5.41) is 0. The van der Waals surface area contributed by atoms with Crippen LogP contribution in [0.5, 0.6) is 17.2 Å². The fourth-order valence-corrected chi connectivity index (χ4v) is 3.82. The van der Waals surface area contributed by atoms with E-state index in [9.17, 15) is 4.79 Å². The second-order valence-corrected chi connectivity index (χ2v) is 7.67. The second kappa shape index (κ2) is 9.97. The Morgan fingerprint density at radius 2 is 1.79 bits per heavy atom. The highest BCUT2D eigenvalue weighted by atomic mass is 127. The molecule has 0 unspecified atom stereocenters. The lowest BCUT2D eigenvalue weighted by molar-refractivity contribution is 0.111. The Bertz CT molecular complexity index is 725. The first kappa shape index (κ1) is 20.0. The van der Waals surface area contributed by atoms with Gasteiger partial charge in [0.25, 0.3) is 0 Å². The molecule has 8 heteroatoms. The van der Waals surface area contributed by atoms with E-state index >= 15 is 0 Å². The molecule has 0 aliphatic carbocycles. The molecule has 24 heavy (non-hydrogen) atoms. The highest BCUT2D eigenvalue weighted by Gasteiger charge is 2.19. The summed E-state index contributed by atoms with van der Waals surface area (Å²) >= 11 is 4.04. The predicted octanol–water partition coefficient (Wildman–Crippen LogP) is 6.45. The topological polar surface area (TPSA) is 44.8 Å². The predicted molar refractivity (Wildman–Crippen MR) is 117 cm³/mol. The van der Waals surface area contributed by atoms with Crippen LogP contribution in [0.1, 0.15) is 27.0 Å². The van der Waals surface area contributed by atoms with Crippen LogP contribution in [0.2, 0.25) is 0 Å². The molecule has 0 atom stereocenters. The molecule has 0 aromatic heterocycles. The number of carbonyl (C=O) groups is 1. The number of hydrogen-bond donors (Lipinski definition) is 0. The Hall–Kier alpha value is -0.330. The first-order chi connectivity index (χ1) is 11.6. The molecule has 0 saturated heterocycles. The Kier molecular flexibility index (Phi) is 8.31. The SMILES string of the molecule is Cc1cccc(COc2c(C)c(OSI)cc(OSI)c2C=O)c1. The van der Waals surface area contributed by atoms with Crippen molar-refractivity contribution in [3.8, 4) is 17.2 Å². The number of aryl methyl sites for hydroxylation is 1. The highest BCUT2D eigenvalue weighted by Crippen LogP contribution is 2.41. The lowest BCUT2D eigenvalue weighted by Crippen LogP contribution is -2.03. The molecule has 4 nitrogen and oxygen atoms in total. The first-order valence-electron chi connectivity index (χ1n) is 6.82. The third-order valence-electron chi connectivity index (χ3n) is 3.31. The molecule has 0 fully saturated rings. The zero-order valence-electron chi connectivity index (χ0n) is 12.9. The Morgan fingerprint density at radius 1 is 1.08 bits per heavy atom. The normalized spacial score (nSPS) is 10.3. The average Bonchev–Trinajstić information content (AvgIpc) is 2.56. The lowest BCUT2D eigenvalue weighted by Gasteiger charge is -2.17. The molecule has 0 saturated carbocycles. The molecule has 0 radical (unpaired) electrons. The van der Waals surface area contributed by atoms with E-state index in [1.807, 2.05) is 74.5 Å². The molecular weight excluding hydrogens is 574 g/mol. The molecule has 0 amide bonds. The van der Waals surface area contributed by atoms with E-state index < -0.39 is 0 Å². The van der Waals surface area contributed by atoms with Gasteiger partial charge in [-0.25, -0.2) is 0 Å². The van der Waals surface area contributed by atoms with Crippen LogP contribution in [0.3, 0.4) is 0 Å². The van der Waals surface area contributed by atoms with E-state index in [0.29, 0.717) is 29.4 Å². The van der Waals surface area contributed by atoms with Crippen molar-refractivity contribution >= 4 is 67.1 Å². The van der Waals surface area contributed by atoms with Crippen LogP contribution in [-0.4, -0.2) is 6.29 Å². The van der Waals surface area contributed by atoms with Crippen LogP contribution in [0.4, 0.5) is 0 Å². The molecule has 0 N–H and O–H groups in total. The third-order valence-corrected chi connectivity index (χ3v) is 4.87. The third kappa shape index (κ3) is 5.09. The van der Waals surface area contributed by atoms with E-state index in [0.717, 1.165) is 32.2 Å². The van der Waals surface area contributed by atoms with E-state index in [1.165, 1.54) is 9.21 Å². The number of benzene rings is 2. The fraction of sp³-hybridized carbons (Fsp3) is 0.188. The van der Waals surface area contributed by atoms with Crippen molar-refractivity contribution < 1.29 is 17.9 Å². The number of carbonyl (C=O) groups excluding carboxylic acids is 1. The summed E-state index contributed by atoms with van der Waals surface area (Å²) in [6, 6.07) is 9.75. The maximum absolute atomic E-state index is 11.6. The monoisotopic (exact) mass is 588 g/mol. The number of hydrogen-bond acceptors (Lipinski definition) is 6. The molecule has 0 bridgehead atoms. The van der Waals surface area contributed by atoms with Crippen molar-refractivity contribution in [3.63, 3.8) is 0 Å². The van der Waals surface area contributed by atoms with Gasteiger partial charge in [-0.05, 0) is 19.4 Å². The maximum atomic E-state index is 11.6.